The summed E-state index contributed by atoms with van der Waals surface area (Å²) in [4.78, 5) is 32.1. The molecule has 216 valence electrons. The van der Waals surface area contributed by atoms with E-state index in [4.69, 9.17) is 30.5 Å². The molecule has 0 fully saturated rings. The Balaban J connectivity index is 1.54. The van der Waals surface area contributed by atoms with Crippen molar-refractivity contribution in [3.05, 3.63) is 119 Å². The average Bonchev–Trinajstić information content (AvgIpc) is 3.30. The van der Waals surface area contributed by atoms with Crippen molar-refractivity contribution in [2.75, 3.05) is 20.8 Å². The van der Waals surface area contributed by atoms with E-state index in [2.05, 4.69) is 4.99 Å². The van der Waals surface area contributed by atoms with Gasteiger partial charge in [-0.05, 0) is 61.4 Å². The molecule has 0 amide bonds. The summed E-state index contributed by atoms with van der Waals surface area (Å²) in [6, 6.07) is 19.5. The zero-order chi connectivity index (χ0) is 29.8. The lowest BCUT2D eigenvalue weighted by atomic mass is 9.96. The third kappa shape index (κ3) is 5.84. The van der Waals surface area contributed by atoms with Gasteiger partial charge in [-0.3, -0.25) is 9.36 Å². The second-order valence-electron chi connectivity index (χ2n) is 9.37. The number of esters is 1. The van der Waals surface area contributed by atoms with Crippen molar-refractivity contribution >= 4 is 35.0 Å². The van der Waals surface area contributed by atoms with E-state index in [1.54, 1.807) is 63.0 Å². The summed E-state index contributed by atoms with van der Waals surface area (Å²) in [5.74, 6) is 1.22. The number of aromatic nitrogens is 1. The molecule has 0 spiro atoms. The van der Waals surface area contributed by atoms with Crippen LogP contribution in [0.3, 0.4) is 0 Å². The highest BCUT2D eigenvalue weighted by Gasteiger charge is 2.33. The summed E-state index contributed by atoms with van der Waals surface area (Å²) in [5.41, 5.74) is 2.89. The fourth-order valence-electron chi connectivity index (χ4n) is 4.71. The number of fused-ring (bicyclic) bond motifs is 1. The van der Waals surface area contributed by atoms with E-state index in [9.17, 15) is 9.59 Å². The minimum atomic E-state index is -0.705. The Morgan fingerprint density at radius 3 is 2.50 bits per heavy atom. The molecule has 2 heterocycles. The van der Waals surface area contributed by atoms with Crippen LogP contribution in [0.1, 0.15) is 36.6 Å². The predicted octanol–water partition coefficient (Wildman–Crippen LogP) is 5.05. The van der Waals surface area contributed by atoms with Gasteiger partial charge in [-0.25, -0.2) is 9.79 Å². The molecule has 0 saturated heterocycles. The molecule has 1 aliphatic rings. The largest absolute Gasteiger partial charge is 0.497 e. The van der Waals surface area contributed by atoms with Gasteiger partial charge in [-0.2, -0.15) is 0 Å². The Morgan fingerprint density at radius 2 is 1.81 bits per heavy atom. The van der Waals surface area contributed by atoms with Crippen LogP contribution in [0.2, 0.25) is 5.02 Å². The molecule has 1 atom stereocenters. The molecule has 10 heteroatoms. The molecule has 0 N–H and O–H groups in total. The monoisotopic (exact) mass is 604 g/mol. The first kappa shape index (κ1) is 29.2. The Morgan fingerprint density at radius 1 is 1.05 bits per heavy atom. The third-order valence-corrected chi connectivity index (χ3v) is 8.13. The number of allylic oxidation sites excluding steroid dienone is 1. The van der Waals surface area contributed by atoms with Crippen LogP contribution in [-0.4, -0.2) is 31.4 Å². The second kappa shape index (κ2) is 12.7. The van der Waals surface area contributed by atoms with Crippen LogP contribution in [-0.2, 0) is 16.1 Å². The van der Waals surface area contributed by atoms with E-state index >= 15 is 0 Å². The van der Waals surface area contributed by atoms with E-state index in [0.29, 0.717) is 42.9 Å². The number of benzene rings is 3. The summed E-state index contributed by atoms with van der Waals surface area (Å²) in [5, 5.41) is 0.623. The van der Waals surface area contributed by atoms with Gasteiger partial charge in [-0.1, -0.05) is 59.3 Å². The summed E-state index contributed by atoms with van der Waals surface area (Å²) in [7, 11) is 3.14. The van der Waals surface area contributed by atoms with E-state index in [1.807, 2.05) is 42.5 Å². The first-order chi connectivity index (χ1) is 20.3. The first-order valence-corrected chi connectivity index (χ1v) is 14.4. The van der Waals surface area contributed by atoms with Crippen LogP contribution in [0, 0.1) is 0 Å². The van der Waals surface area contributed by atoms with Gasteiger partial charge in [0.1, 0.15) is 12.4 Å². The Kier molecular flexibility index (Phi) is 8.80. The molecular formula is C32H29ClN2O6S. The molecule has 0 radical (unpaired) electrons. The molecule has 5 rings (SSSR count). The minimum absolute atomic E-state index is 0.204. The zero-order valence-corrected chi connectivity index (χ0v) is 25.1. The molecular weight excluding hydrogens is 576 g/mol. The van der Waals surface area contributed by atoms with Gasteiger partial charge in [0.25, 0.3) is 5.56 Å². The highest BCUT2D eigenvalue weighted by Crippen LogP contribution is 2.32. The molecule has 0 aliphatic carbocycles. The van der Waals surface area contributed by atoms with Gasteiger partial charge in [0.05, 0.1) is 42.7 Å². The number of hydrogen-bond donors (Lipinski definition) is 0. The topological polar surface area (TPSA) is 88.4 Å². The standard InChI is InChI=1S/C32H29ClN2O6S/c1-5-40-31(37)28-19(2)34-32-35(29(28)21-11-13-23(38-3)14-12-21)30(36)27(42-32)17-20-10-15-25(26(16-20)39-4)41-18-22-8-6-7-9-24(22)33/h6-17,29H,5,18H2,1-4H3. The van der Waals surface area contributed by atoms with E-state index in [0.717, 1.165) is 16.7 Å². The van der Waals surface area contributed by atoms with Crippen LogP contribution in [0.25, 0.3) is 6.08 Å². The molecule has 42 heavy (non-hydrogen) atoms. The van der Waals surface area contributed by atoms with Gasteiger partial charge in [0.2, 0.25) is 0 Å². The molecule has 1 aliphatic heterocycles. The Bertz CT molecular complexity index is 1840. The van der Waals surface area contributed by atoms with Gasteiger partial charge >= 0.3 is 5.97 Å². The van der Waals surface area contributed by atoms with Crippen molar-refractivity contribution in [1.82, 2.24) is 4.57 Å². The van der Waals surface area contributed by atoms with Crippen molar-refractivity contribution in [3.8, 4) is 17.2 Å². The molecule has 0 bridgehead atoms. The average molecular weight is 605 g/mol. The van der Waals surface area contributed by atoms with E-state index < -0.39 is 12.0 Å². The number of rotatable bonds is 9. The number of methoxy groups -OCH3 is 2. The van der Waals surface area contributed by atoms with Crippen LogP contribution in [0.5, 0.6) is 17.2 Å². The first-order valence-electron chi connectivity index (χ1n) is 13.2. The smallest absolute Gasteiger partial charge is 0.338 e. The second-order valence-corrected chi connectivity index (χ2v) is 10.8. The zero-order valence-electron chi connectivity index (χ0n) is 23.5. The quantitative estimate of drug-likeness (QED) is 0.249. The maximum Gasteiger partial charge on any atom is 0.338 e. The lowest BCUT2D eigenvalue weighted by Crippen LogP contribution is -2.39. The molecule has 1 aromatic heterocycles. The Labute approximate surface area is 251 Å². The number of carbonyl (C=O) groups is 1. The van der Waals surface area contributed by atoms with Gasteiger partial charge in [0, 0.05) is 10.6 Å². The van der Waals surface area contributed by atoms with E-state index in [-0.39, 0.29) is 18.8 Å². The summed E-state index contributed by atoms with van der Waals surface area (Å²) in [6.07, 6.45) is 1.78. The maximum atomic E-state index is 13.9. The lowest BCUT2D eigenvalue weighted by Gasteiger charge is -2.24. The molecule has 0 saturated carbocycles. The fraction of sp³-hybridized carbons (Fsp3) is 0.219. The summed E-state index contributed by atoms with van der Waals surface area (Å²) >= 11 is 7.51. The summed E-state index contributed by atoms with van der Waals surface area (Å²) in [6.45, 7) is 3.98. The van der Waals surface area contributed by atoms with Crippen molar-refractivity contribution in [2.45, 2.75) is 26.5 Å². The van der Waals surface area contributed by atoms with Gasteiger partial charge in [-0.15, -0.1) is 0 Å². The predicted molar refractivity (Wildman–Crippen MR) is 162 cm³/mol. The van der Waals surface area contributed by atoms with Gasteiger partial charge in [0.15, 0.2) is 16.3 Å². The van der Waals surface area contributed by atoms with Crippen LogP contribution in [0.4, 0.5) is 0 Å². The normalized spacial score (nSPS) is 14.7. The number of hydrogen-bond acceptors (Lipinski definition) is 8. The molecule has 3 aromatic carbocycles. The maximum absolute atomic E-state index is 13.9. The Hall–Kier alpha value is -4.34. The number of halogens is 1. The lowest BCUT2D eigenvalue weighted by molar-refractivity contribution is -0.139. The minimum Gasteiger partial charge on any atom is -0.497 e. The summed E-state index contributed by atoms with van der Waals surface area (Å²) < 4.78 is 24.2. The number of nitrogens with zero attached hydrogens (tertiary/aromatic N) is 2. The van der Waals surface area contributed by atoms with Crippen LogP contribution in [0.15, 0.2) is 87.8 Å². The fourth-order valence-corrected chi connectivity index (χ4v) is 5.95. The number of thiazole rings is 1. The van der Waals surface area contributed by atoms with Crippen molar-refractivity contribution < 1.29 is 23.7 Å². The number of carbonyl (C=O) groups excluding carboxylic acids is 1. The van der Waals surface area contributed by atoms with Crippen molar-refractivity contribution in [2.24, 2.45) is 4.99 Å². The van der Waals surface area contributed by atoms with Gasteiger partial charge < -0.3 is 18.9 Å². The highest BCUT2D eigenvalue weighted by atomic mass is 35.5. The molecule has 4 aromatic rings. The van der Waals surface area contributed by atoms with Crippen LogP contribution >= 0.6 is 22.9 Å². The van der Waals surface area contributed by atoms with Crippen molar-refractivity contribution in [3.63, 3.8) is 0 Å². The van der Waals surface area contributed by atoms with Crippen LogP contribution < -0.4 is 29.1 Å². The molecule has 1 unspecified atom stereocenters. The number of ether oxygens (including phenoxy) is 4. The molecule has 8 nitrogen and oxygen atoms in total. The van der Waals surface area contributed by atoms with Crippen molar-refractivity contribution in [1.29, 1.82) is 0 Å². The highest BCUT2D eigenvalue weighted by molar-refractivity contribution is 7.07. The SMILES string of the molecule is CCOC(=O)C1=C(C)N=c2sc(=Cc3ccc(OCc4ccccc4Cl)c(OC)c3)c(=O)n2C1c1ccc(OC)cc1. The van der Waals surface area contributed by atoms with E-state index in [1.165, 1.54) is 11.3 Å². The third-order valence-electron chi connectivity index (χ3n) is 6.78.